The van der Waals surface area contributed by atoms with Gasteiger partial charge in [-0.2, -0.15) is 23.5 Å². The zero-order chi connectivity index (χ0) is 14.4. The van der Waals surface area contributed by atoms with E-state index in [0.717, 1.165) is 17.6 Å². The fourth-order valence-electron chi connectivity index (χ4n) is 2.71. The minimum absolute atomic E-state index is 0.424. The lowest BCUT2D eigenvalue weighted by atomic mass is 10.00. The second-order valence-electron chi connectivity index (χ2n) is 4.92. The van der Waals surface area contributed by atoms with Crippen molar-refractivity contribution in [3.05, 3.63) is 29.8 Å². The molecule has 20 heavy (non-hydrogen) atoms. The Hall–Kier alpha value is -0.320. The van der Waals surface area contributed by atoms with Crippen LogP contribution in [0.5, 0.6) is 5.75 Å². The highest BCUT2D eigenvalue weighted by atomic mass is 32.2. The Morgan fingerprint density at radius 2 is 1.90 bits per heavy atom. The van der Waals surface area contributed by atoms with Crippen LogP contribution in [0.4, 0.5) is 0 Å². The molecule has 0 aromatic heterocycles. The summed E-state index contributed by atoms with van der Waals surface area (Å²) in [6.07, 6.45) is 1.25. The lowest BCUT2D eigenvalue weighted by Gasteiger charge is -2.36. The molecule has 0 bridgehead atoms. The highest BCUT2D eigenvalue weighted by molar-refractivity contribution is 8.07. The highest BCUT2D eigenvalue weighted by Gasteiger charge is 2.32. The van der Waals surface area contributed by atoms with Crippen molar-refractivity contribution in [3.8, 4) is 5.75 Å². The van der Waals surface area contributed by atoms with Gasteiger partial charge in [-0.05, 0) is 38.1 Å². The van der Waals surface area contributed by atoms with Crippen LogP contribution in [0, 0.1) is 0 Å². The van der Waals surface area contributed by atoms with Crippen molar-refractivity contribution < 1.29 is 4.74 Å². The number of hydrogen-bond acceptors (Lipinski definition) is 4. The van der Waals surface area contributed by atoms with Crippen LogP contribution < -0.4 is 10.1 Å². The van der Waals surface area contributed by atoms with E-state index in [1.807, 2.05) is 6.92 Å². The van der Waals surface area contributed by atoms with Crippen molar-refractivity contribution in [3.63, 3.8) is 0 Å². The molecule has 1 saturated heterocycles. The second-order valence-corrected chi connectivity index (χ2v) is 7.55. The van der Waals surface area contributed by atoms with Gasteiger partial charge in [0.25, 0.3) is 0 Å². The third-order valence-electron chi connectivity index (χ3n) is 3.68. The van der Waals surface area contributed by atoms with Gasteiger partial charge in [-0.25, -0.2) is 0 Å². The Morgan fingerprint density at radius 1 is 1.20 bits per heavy atom. The summed E-state index contributed by atoms with van der Waals surface area (Å²) >= 11 is 4.26. The topological polar surface area (TPSA) is 21.3 Å². The summed E-state index contributed by atoms with van der Waals surface area (Å²) in [6.45, 7) is 5.05. The van der Waals surface area contributed by atoms with Crippen molar-refractivity contribution in [2.45, 2.75) is 36.8 Å². The molecule has 1 aliphatic rings. The standard InChI is InChI=1S/C16H25NOS2/c1-4-14-16(20-11-10-19-14)15(17-3)12-6-8-13(9-7-12)18-5-2/h6-9,14-17H,4-5,10-11H2,1-3H3. The molecule has 0 saturated carbocycles. The normalized spacial score (nSPS) is 24.4. The first-order valence-corrected chi connectivity index (χ1v) is 9.53. The van der Waals surface area contributed by atoms with Gasteiger partial charge in [-0.1, -0.05) is 19.1 Å². The monoisotopic (exact) mass is 311 g/mol. The van der Waals surface area contributed by atoms with Gasteiger partial charge in [0.15, 0.2) is 0 Å². The third kappa shape index (κ3) is 3.86. The summed E-state index contributed by atoms with van der Waals surface area (Å²) < 4.78 is 5.53. The molecule has 2 rings (SSSR count). The molecule has 0 radical (unpaired) electrons. The highest BCUT2D eigenvalue weighted by Crippen LogP contribution is 2.40. The van der Waals surface area contributed by atoms with E-state index in [0.29, 0.717) is 11.3 Å². The van der Waals surface area contributed by atoms with Crippen LogP contribution in [0.15, 0.2) is 24.3 Å². The van der Waals surface area contributed by atoms with Crippen molar-refractivity contribution in [1.29, 1.82) is 0 Å². The Balaban J connectivity index is 2.13. The minimum Gasteiger partial charge on any atom is -0.494 e. The number of ether oxygens (including phenoxy) is 1. The average molecular weight is 312 g/mol. The largest absolute Gasteiger partial charge is 0.494 e. The molecule has 1 heterocycles. The SMILES string of the molecule is CCOc1ccc(C(NC)C2SCCSC2CC)cc1. The fourth-order valence-corrected chi connectivity index (χ4v) is 6.00. The summed E-state index contributed by atoms with van der Waals surface area (Å²) in [4.78, 5) is 0. The molecule has 0 spiro atoms. The van der Waals surface area contributed by atoms with Crippen molar-refractivity contribution in [2.24, 2.45) is 0 Å². The molecule has 1 N–H and O–H groups in total. The van der Waals surface area contributed by atoms with Crippen LogP contribution in [0.1, 0.15) is 31.9 Å². The van der Waals surface area contributed by atoms with Crippen LogP contribution in [0.3, 0.4) is 0 Å². The summed E-state index contributed by atoms with van der Waals surface area (Å²) in [7, 11) is 2.08. The van der Waals surface area contributed by atoms with Crippen LogP contribution in [0.25, 0.3) is 0 Å². The number of rotatable bonds is 6. The maximum atomic E-state index is 5.53. The Labute approximate surface area is 131 Å². The molecule has 1 aromatic rings. The molecule has 4 heteroatoms. The van der Waals surface area contributed by atoms with Crippen LogP contribution >= 0.6 is 23.5 Å². The first-order chi connectivity index (χ1) is 9.80. The molecular weight excluding hydrogens is 286 g/mol. The van der Waals surface area contributed by atoms with E-state index in [9.17, 15) is 0 Å². The molecule has 112 valence electrons. The van der Waals surface area contributed by atoms with E-state index in [-0.39, 0.29) is 0 Å². The molecule has 0 amide bonds. The summed E-state index contributed by atoms with van der Waals surface area (Å²) in [5, 5.41) is 4.93. The number of hydrogen-bond donors (Lipinski definition) is 1. The van der Waals surface area contributed by atoms with E-state index in [4.69, 9.17) is 4.74 Å². The average Bonchev–Trinajstić information content (AvgIpc) is 2.50. The predicted molar refractivity (Wildman–Crippen MR) is 92.2 cm³/mol. The number of thioether (sulfide) groups is 2. The lowest BCUT2D eigenvalue weighted by Crippen LogP contribution is -2.37. The van der Waals surface area contributed by atoms with Gasteiger partial charge in [0.1, 0.15) is 5.75 Å². The predicted octanol–water partition coefficient (Wildman–Crippen LogP) is 3.97. The van der Waals surface area contributed by atoms with Crippen molar-refractivity contribution in [2.75, 3.05) is 25.2 Å². The molecule has 1 fully saturated rings. The van der Waals surface area contributed by atoms with Gasteiger partial charge in [0, 0.05) is 28.0 Å². The zero-order valence-corrected chi connectivity index (χ0v) is 14.2. The van der Waals surface area contributed by atoms with Gasteiger partial charge < -0.3 is 10.1 Å². The minimum atomic E-state index is 0.424. The van der Waals surface area contributed by atoms with Crippen molar-refractivity contribution >= 4 is 23.5 Å². The summed E-state index contributed by atoms with van der Waals surface area (Å²) in [6, 6.07) is 9.01. The van der Waals surface area contributed by atoms with E-state index in [1.165, 1.54) is 23.5 Å². The van der Waals surface area contributed by atoms with Gasteiger partial charge >= 0.3 is 0 Å². The lowest BCUT2D eigenvalue weighted by molar-refractivity contribution is 0.340. The van der Waals surface area contributed by atoms with E-state index in [2.05, 4.69) is 67.1 Å². The van der Waals surface area contributed by atoms with E-state index in [1.54, 1.807) is 0 Å². The molecule has 2 nitrogen and oxygen atoms in total. The smallest absolute Gasteiger partial charge is 0.119 e. The number of nitrogens with one attached hydrogen (secondary N) is 1. The summed E-state index contributed by atoms with van der Waals surface area (Å²) in [5.41, 5.74) is 1.37. The quantitative estimate of drug-likeness (QED) is 0.857. The second kappa shape index (κ2) is 8.20. The molecule has 1 aromatic carbocycles. The van der Waals surface area contributed by atoms with Gasteiger partial charge in [-0.15, -0.1) is 0 Å². The molecule has 3 atom stereocenters. The first kappa shape index (κ1) is 16.1. The Kier molecular flexibility index (Phi) is 6.59. The van der Waals surface area contributed by atoms with Gasteiger partial charge in [0.2, 0.25) is 0 Å². The van der Waals surface area contributed by atoms with Crippen LogP contribution in [0.2, 0.25) is 0 Å². The maximum Gasteiger partial charge on any atom is 0.119 e. The van der Waals surface area contributed by atoms with Crippen LogP contribution in [-0.2, 0) is 0 Å². The molecule has 0 aliphatic carbocycles. The van der Waals surface area contributed by atoms with Crippen LogP contribution in [-0.4, -0.2) is 35.7 Å². The molecule has 3 unspecified atom stereocenters. The maximum absolute atomic E-state index is 5.53. The third-order valence-corrected chi connectivity index (χ3v) is 7.03. The zero-order valence-electron chi connectivity index (χ0n) is 12.6. The molecule has 1 aliphatic heterocycles. The van der Waals surface area contributed by atoms with E-state index < -0.39 is 0 Å². The molecular formula is C16H25NOS2. The van der Waals surface area contributed by atoms with Gasteiger partial charge in [-0.3, -0.25) is 0 Å². The fraction of sp³-hybridized carbons (Fsp3) is 0.625. The van der Waals surface area contributed by atoms with E-state index >= 15 is 0 Å². The number of benzene rings is 1. The Bertz CT molecular complexity index is 396. The van der Waals surface area contributed by atoms with Gasteiger partial charge in [0.05, 0.1) is 6.61 Å². The summed E-state index contributed by atoms with van der Waals surface area (Å²) in [5.74, 6) is 3.52. The first-order valence-electron chi connectivity index (χ1n) is 7.43. The van der Waals surface area contributed by atoms with Crippen molar-refractivity contribution in [1.82, 2.24) is 5.32 Å². The Morgan fingerprint density at radius 3 is 2.50 bits per heavy atom.